The minimum atomic E-state index is -1.78. The number of carbonyl (C=O) groups is 3. The molecule has 7 heteroatoms. The lowest BCUT2D eigenvalue weighted by molar-refractivity contribution is 0.0664. The number of anilines is 1. The fourth-order valence-corrected chi connectivity index (χ4v) is 7.15. The van der Waals surface area contributed by atoms with Gasteiger partial charge in [-0.3, -0.25) is 14.4 Å². The Hall–Kier alpha value is -4.55. The van der Waals surface area contributed by atoms with Gasteiger partial charge in [0.1, 0.15) is 23.0 Å². The molecular weight excluding hydrogens is 541 g/mol. The number of benzene rings is 4. The van der Waals surface area contributed by atoms with Gasteiger partial charge in [-0.05, 0) is 47.5 Å². The van der Waals surface area contributed by atoms with Crippen molar-refractivity contribution in [2.75, 3.05) is 12.0 Å². The van der Waals surface area contributed by atoms with Gasteiger partial charge >= 0.3 is 0 Å². The molecule has 3 atom stereocenters. The van der Waals surface area contributed by atoms with Crippen LogP contribution in [0.15, 0.2) is 97.1 Å². The van der Waals surface area contributed by atoms with Crippen LogP contribution in [0.4, 0.5) is 10.1 Å². The second kappa shape index (κ2) is 9.25. The van der Waals surface area contributed by atoms with Crippen molar-refractivity contribution in [2.45, 2.75) is 18.0 Å². The van der Waals surface area contributed by atoms with E-state index in [2.05, 4.69) is 0 Å². The van der Waals surface area contributed by atoms with Crippen LogP contribution in [0.25, 0.3) is 6.08 Å². The van der Waals surface area contributed by atoms with Crippen LogP contribution in [-0.2, 0) is 0 Å². The number of rotatable bonds is 4. The smallest absolute Gasteiger partial charge is 0.186 e. The maximum Gasteiger partial charge on any atom is 0.186 e. The topological polar surface area (TPSA) is 63.7 Å². The number of hydrogen-bond donors (Lipinski definition) is 0. The molecule has 1 fully saturated rings. The number of ketones is 3. The number of Topliss-reactive ketones (excluding diaryl/α,β-unsaturated/α-hetero) is 3. The van der Waals surface area contributed by atoms with Crippen molar-refractivity contribution in [3.63, 3.8) is 0 Å². The van der Waals surface area contributed by atoms with E-state index in [1.54, 1.807) is 91.0 Å². The number of methoxy groups -OCH3 is 1. The molecule has 0 unspecified atom stereocenters. The molecule has 0 aromatic heterocycles. The molecule has 0 saturated carbocycles. The third kappa shape index (κ3) is 3.44. The van der Waals surface area contributed by atoms with E-state index in [0.29, 0.717) is 22.0 Å². The SMILES string of the molecule is COc1cccc(C(=O)[C@@H]2[C@@H](c3ccccc3F)C3(C(=O)c4ccccc4C3=O)[C@@H]3C=Cc4cc(Cl)ccc4N23)c1. The molecule has 1 spiro atoms. The number of fused-ring (bicyclic) bond motifs is 5. The molecule has 1 saturated heterocycles. The third-order valence-electron chi connectivity index (χ3n) is 8.63. The Morgan fingerprint density at radius 2 is 1.61 bits per heavy atom. The van der Waals surface area contributed by atoms with Gasteiger partial charge in [-0.15, -0.1) is 0 Å². The zero-order valence-electron chi connectivity index (χ0n) is 21.9. The fourth-order valence-electron chi connectivity index (χ4n) is 6.97. The molecule has 0 bridgehead atoms. The van der Waals surface area contributed by atoms with E-state index < -0.39 is 40.8 Å². The molecule has 0 N–H and O–H groups in total. The molecule has 2 aliphatic heterocycles. The first-order valence-electron chi connectivity index (χ1n) is 13.3. The van der Waals surface area contributed by atoms with Crippen molar-refractivity contribution in [2.24, 2.45) is 5.41 Å². The van der Waals surface area contributed by atoms with Crippen LogP contribution < -0.4 is 9.64 Å². The van der Waals surface area contributed by atoms with Gasteiger partial charge in [-0.1, -0.05) is 78.4 Å². The van der Waals surface area contributed by atoms with E-state index in [1.807, 2.05) is 11.0 Å². The van der Waals surface area contributed by atoms with Gasteiger partial charge in [-0.2, -0.15) is 0 Å². The third-order valence-corrected chi connectivity index (χ3v) is 8.86. The summed E-state index contributed by atoms with van der Waals surface area (Å²) in [5, 5.41) is 0.502. The Morgan fingerprint density at radius 3 is 2.32 bits per heavy atom. The monoisotopic (exact) mass is 563 g/mol. The van der Waals surface area contributed by atoms with Crippen LogP contribution in [-0.4, -0.2) is 36.5 Å². The summed E-state index contributed by atoms with van der Waals surface area (Å²) in [4.78, 5) is 45.7. The van der Waals surface area contributed by atoms with Gasteiger partial charge in [-0.25, -0.2) is 4.39 Å². The summed E-state index contributed by atoms with van der Waals surface area (Å²) in [6, 6.07) is 22.8. The van der Waals surface area contributed by atoms with Crippen molar-refractivity contribution in [1.29, 1.82) is 0 Å². The van der Waals surface area contributed by atoms with E-state index in [1.165, 1.54) is 13.2 Å². The maximum atomic E-state index is 15.8. The lowest BCUT2D eigenvalue weighted by Crippen LogP contribution is -2.48. The number of hydrogen-bond acceptors (Lipinski definition) is 5. The predicted molar refractivity (Wildman–Crippen MR) is 155 cm³/mol. The molecule has 2 heterocycles. The second-order valence-corrected chi connectivity index (χ2v) is 11.0. The second-order valence-electron chi connectivity index (χ2n) is 10.5. The zero-order valence-corrected chi connectivity index (χ0v) is 22.6. The molecule has 0 radical (unpaired) electrons. The predicted octanol–water partition coefficient (Wildman–Crippen LogP) is 6.80. The number of halogens is 2. The van der Waals surface area contributed by atoms with Crippen molar-refractivity contribution in [1.82, 2.24) is 0 Å². The van der Waals surface area contributed by atoms with E-state index in [-0.39, 0.29) is 22.5 Å². The normalized spacial score (nSPS) is 21.5. The van der Waals surface area contributed by atoms with E-state index in [9.17, 15) is 14.4 Å². The fraction of sp³-hybridized carbons (Fsp3) is 0.147. The van der Waals surface area contributed by atoms with Crippen molar-refractivity contribution < 1.29 is 23.5 Å². The van der Waals surface area contributed by atoms with Crippen molar-refractivity contribution >= 4 is 40.7 Å². The Kier molecular flexibility index (Phi) is 5.73. The quantitative estimate of drug-likeness (QED) is 0.202. The van der Waals surface area contributed by atoms with E-state index >= 15 is 4.39 Å². The maximum absolute atomic E-state index is 15.8. The summed E-state index contributed by atoms with van der Waals surface area (Å²) in [6.45, 7) is 0. The largest absolute Gasteiger partial charge is 0.497 e. The van der Waals surface area contributed by atoms with Crippen molar-refractivity contribution in [3.05, 3.63) is 136 Å². The number of carbonyl (C=O) groups excluding carboxylic acids is 3. The summed E-state index contributed by atoms with van der Waals surface area (Å²) in [5.41, 5.74) is 0.620. The van der Waals surface area contributed by atoms with Crippen LogP contribution in [0.5, 0.6) is 5.75 Å². The van der Waals surface area contributed by atoms with Gasteiger partial charge in [0.2, 0.25) is 0 Å². The molecule has 5 nitrogen and oxygen atoms in total. The highest BCUT2D eigenvalue weighted by molar-refractivity contribution is 6.32. The average molecular weight is 564 g/mol. The Morgan fingerprint density at radius 1 is 0.902 bits per heavy atom. The summed E-state index contributed by atoms with van der Waals surface area (Å²) in [5.74, 6) is -2.42. The van der Waals surface area contributed by atoms with Gasteiger partial charge in [0.15, 0.2) is 17.3 Å². The summed E-state index contributed by atoms with van der Waals surface area (Å²) in [6.07, 6.45) is 3.61. The number of nitrogens with zero attached hydrogens (tertiary/aromatic N) is 1. The van der Waals surface area contributed by atoms with Crippen LogP contribution in [0.1, 0.15) is 48.1 Å². The number of ether oxygens (including phenoxy) is 1. The Bertz CT molecular complexity index is 1780. The zero-order chi connectivity index (χ0) is 28.5. The highest BCUT2D eigenvalue weighted by Gasteiger charge is 2.71. The summed E-state index contributed by atoms with van der Waals surface area (Å²) < 4.78 is 21.2. The molecular formula is C34H23ClFNO4. The molecule has 1 aliphatic carbocycles. The van der Waals surface area contributed by atoms with Gasteiger partial charge in [0.25, 0.3) is 0 Å². The highest BCUT2D eigenvalue weighted by atomic mass is 35.5. The summed E-state index contributed by atoms with van der Waals surface area (Å²) >= 11 is 6.33. The van der Waals surface area contributed by atoms with Gasteiger partial charge in [0, 0.05) is 33.3 Å². The first-order chi connectivity index (χ1) is 19.9. The Labute approximate surface area is 240 Å². The minimum Gasteiger partial charge on any atom is -0.497 e. The van der Waals surface area contributed by atoms with E-state index in [4.69, 9.17) is 16.3 Å². The lowest BCUT2D eigenvalue weighted by Gasteiger charge is -2.37. The summed E-state index contributed by atoms with van der Waals surface area (Å²) in [7, 11) is 1.51. The highest BCUT2D eigenvalue weighted by Crippen LogP contribution is 2.61. The van der Waals surface area contributed by atoms with Gasteiger partial charge < -0.3 is 9.64 Å². The Balaban J connectivity index is 1.56. The molecule has 3 aliphatic rings. The molecule has 4 aromatic rings. The average Bonchev–Trinajstić information content (AvgIpc) is 3.43. The lowest BCUT2D eigenvalue weighted by atomic mass is 9.64. The van der Waals surface area contributed by atoms with Crippen LogP contribution in [0.2, 0.25) is 5.02 Å². The van der Waals surface area contributed by atoms with Gasteiger partial charge in [0.05, 0.1) is 13.2 Å². The first kappa shape index (κ1) is 25.4. The van der Waals surface area contributed by atoms with Crippen LogP contribution >= 0.6 is 11.6 Å². The molecule has 7 rings (SSSR count). The molecule has 202 valence electrons. The first-order valence-corrected chi connectivity index (χ1v) is 13.6. The molecule has 4 aromatic carbocycles. The van der Waals surface area contributed by atoms with Crippen LogP contribution in [0, 0.1) is 11.2 Å². The van der Waals surface area contributed by atoms with E-state index in [0.717, 1.165) is 5.56 Å². The molecule has 41 heavy (non-hydrogen) atoms. The minimum absolute atomic E-state index is 0.140. The standard InChI is InChI=1S/C34H23ClFNO4/c1-41-22-8-6-7-20(18-22)31(38)30-29(25-11-4-5-12-26(25)36)34(32(39)23-9-2-3-10-24(23)33(34)40)28-16-13-19-17-21(35)14-15-27(19)37(28)30/h2-18,28-30H,1H3/t28-,29+,30-/m0/s1. The van der Waals surface area contributed by atoms with Crippen molar-refractivity contribution in [3.8, 4) is 5.75 Å². The molecule has 0 amide bonds. The van der Waals surface area contributed by atoms with Crippen LogP contribution in [0.3, 0.4) is 0 Å².